The quantitative estimate of drug-likeness (QED) is 0.841. The lowest BCUT2D eigenvalue weighted by Crippen LogP contribution is -2.50. The van der Waals surface area contributed by atoms with Crippen LogP contribution in [0.2, 0.25) is 0 Å². The standard InChI is InChI=1S/C14H18BrN3/c1-11-10-18(7-6-17(11)2)14(9-16)12-4-3-5-13(15)8-12/h3-5,8,11,14H,6-7,10H2,1-2H3. The Morgan fingerprint density at radius 1 is 1.44 bits per heavy atom. The molecule has 1 saturated heterocycles. The highest BCUT2D eigenvalue weighted by Crippen LogP contribution is 2.25. The molecule has 2 atom stereocenters. The van der Waals surface area contributed by atoms with E-state index in [9.17, 15) is 5.26 Å². The fourth-order valence-corrected chi connectivity index (χ4v) is 2.77. The molecule has 0 saturated carbocycles. The van der Waals surface area contributed by atoms with E-state index in [1.165, 1.54) is 0 Å². The van der Waals surface area contributed by atoms with Gasteiger partial charge in [0.15, 0.2) is 0 Å². The van der Waals surface area contributed by atoms with Gasteiger partial charge in [-0.3, -0.25) is 4.90 Å². The molecule has 0 spiro atoms. The molecule has 1 aromatic rings. The van der Waals surface area contributed by atoms with Crippen molar-refractivity contribution in [2.75, 3.05) is 26.7 Å². The molecule has 2 rings (SSSR count). The zero-order valence-electron chi connectivity index (χ0n) is 10.8. The summed E-state index contributed by atoms with van der Waals surface area (Å²) >= 11 is 3.47. The van der Waals surface area contributed by atoms with Crippen LogP contribution in [-0.2, 0) is 0 Å². The minimum Gasteiger partial charge on any atom is -0.301 e. The number of hydrogen-bond donors (Lipinski definition) is 0. The number of likely N-dealkylation sites (N-methyl/N-ethyl adjacent to an activating group) is 1. The molecule has 2 unspecified atom stereocenters. The average molecular weight is 308 g/mol. The Hall–Kier alpha value is -0.890. The molecule has 0 aromatic heterocycles. The van der Waals surface area contributed by atoms with E-state index in [-0.39, 0.29) is 6.04 Å². The first-order chi connectivity index (χ1) is 8.61. The third kappa shape index (κ3) is 2.92. The molecular formula is C14H18BrN3. The molecule has 1 aliphatic rings. The maximum Gasteiger partial charge on any atom is 0.123 e. The molecule has 96 valence electrons. The highest BCUT2D eigenvalue weighted by molar-refractivity contribution is 9.10. The Labute approximate surface area is 117 Å². The van der Waals surface area contributed by atoms with Gasteiger partial charge >= 0.3 is 0 Å². The van der Waals surface area contributed by atoms with Gasteiger partial charge in [-0.1, -0.05) is 28.1 Å². The van der Waals surface area contributed by atoms with E-state index in [0.29, 0.717) is 6.04 Å². The summed E-state index contributed by atoms with van der Waals surface area (Å²) in [5.74, 6) is 0. The van der Waals surface area contributed by atoms with Crippen molar-refractivity contribution in [2.45, 2.75) is 19.0 Å². The number of hydrogen-bond acceptors (Lipinski definition) is 3. The van der Waals surface area contributed by atoms with E-state index in [2.05, 4.69) is 45.8 Å². The van der Waals surface area contributed by atoms with Crippen LogP contribution in [0, 0.1) is 11.3 Å². The van der Waals surface area contributed by atoms with Crippen molar-refractivity contribution in [3.63, 3.8) is 0 Å². The Morgan fingerprint density at radius 3 is 2.83 bits per heavy atom. The van der Waals surface area contributed by atoms with Gasteiger partial charge in [-0.15, -0.1) is 0 Å². The van der Waals surface area contributed by atoms with Crippen molar-refractivity contribution in [1.82, 2.24) is 9.80 Å². The number of rotatable bonds is 2. The van der Waals surface area contributed by atoms with Crippen LogP contribution in [0.15, 0.2) is 28.7 Å². The second kappa shape index (κ2) is 5.83. The molecular weight excluding hydrogens is 290 g/mol. The zero-order chi connectivity index (χ0) is 13.1. The third-order valence-corrected chi connectivity index (χ3v) is 4.14. The average Bonchev–Trinajstić information content (AvgIpc) is 2.35. The molecule has 0 N–H and O–H groups in total. The summed E-state index contributed by atoms with van der Waals surface area (Å²) in [5, 5.41) is 9.45. The van der Waals surface area contributed by atoms with Crippen LogP contribution < -0.4 is 0 Å². The van der Waals surface area contributed by atoms with E-state index < -0.39 is 0 Å². The summed E-state index contributed by atoms with van der Waals surface area (Å²) in [5.41, 5.74) is 1.07. The second-order valence-corrected chi connectivity index (χ2v) is 5.83. The normalized spacial score (nSPS) is 23.6. The van der Waals surface area contributed by atoms with Crippen LogP contribution in [-0.4, -0.2) is 42.5 Å². The van der Waals surface area contributed by atoms with Crippen molar-refractivity contribution in [3.8, 4) is 6.07 Å². The van der Waals surface area contributed by atoms with Gasteiger partial charge in [0.2, 0.25) is 0 Å². The molecule has 4 heteroatoms. The Kier molecular flexibility index (Phi) is 4.39. The topological polar surface area (TPSA) is 30.3 Å². The molecule has 1 aliphatic heterocycles. The number of benzene rings is 1. The molecule has 18 heavy (non-hydrogen) atoms. The highest BCUT2D eigenvalue weighted by atomic mass is 79.9. The lowest BCUT2D eigenvalue weighted by Gasteiger charge is -2.39. The first-order valence-electron chi connectivity index (χ1n) is 6.21. The van der Waals surface area contributed by atoms with Gasteiger partial charge in [0.05, 0.1) is 6.07 Å². The summed E-state index contributed by atoms with van der Waals surface area (Å²) in [6.45, 7) is 5.13. The van der Waals surface area contributed by atoms with Gasteiger partial charge in [0.1, 0.15) is 6.04 Å². The van der Waals surface area contributed by atoms with Gasteiger partial charge in [-0.05, 0) is 31.7 Å². The Morgan fingerprint density at radius 2 is 2.22 bits per heavy atom. The van der Waals surface area contributed by atoms with E-state index in [4.69, 9.17) is 0 Å². The highest BCUT2D eigenvalue weighted by Gasteiger charge is 2.27. The van der Waals surface area contributed by atoms with Gasteiger partial charge in [-0.25, -0.2) is 0 Å². The smallest absolute Gasteiger partial charge is 0.123 e. The van der Waals surface area contributed by atoms with Crippen molar-refractivity contribution < 1.29 is 0 Å². The van der Waals surface area contributed by atoms with Crippen LogP contribution in [0.5, 0.6) is 0 Å². The molecule has 1 heterocycles. The molecule has 1 fully saturated rings. The molecule has 0 radical (unpaired) electrons. The molecule has 0 bridgehead atoms. The van der Waals surface area contributed by atoms with Crippen LogP contribution in [0.1, 0.15) is 18.5 Å². The van der Waals surface area contributed by atoms with Crippen LogP contribution in [0.3, 0.4) is 0 Å². The number of piperazine rings is 1. The van der Waals surface area contributed by atoms with Crippen molar-refractivity contribution in [3.05, 3.63) is 34.3 Å². The van der Waals surface area contributed by atoms with Crippen LogP contribution in [0.4, 0.5) is 0 Å². The van der Waals surface area contributed by atoms with Crippen LogP contribution in [0.25, 0.3) is 0 Å². The van der Waals surface area contributed by atoms with Gasteiger partial charge < -0.3 is 4.90 Å². The fourth-order valence-electron chi connectivity index (χ4n) is 2.35. The minimum atomic E-state index is -0.140. The summed E-state index contributed by atoms with van der Waals surface area (Å²) in [6.07, 6.45) is 0. The molecule has 0 amide bonds. The summed E-state index contributed by atoms with van der Waals surface area (Å²) in [6, 6.07) is 10.8. The maximum absolute atomic E-state index is 9.45. The number of halogens is 1. The maximum atomic E-state index is 9.45. The van der Waals surface area contributed by atoms with E-state index in [0.717, 1.165) is 29.7 Å². The first-order valence-corrected chi connectivity index (χ1v) is 7.00. The largest absolute Gasteiger partial charge is 0.301 e. The monoisotopic (exact) mass is 307 g/mol. The van der Waals surface area contributed by atoms with E-state index in [1.54, 1.807) is 0 Å². The predicted molar refractivity (Wildman–Crippen MR) is 76.2 cm³/mol. The summed E-state index contributed by atoms with van der Waals surface area (Å²) < 4.78 is 1.03. The lowest BCUT2D eigenvalue weighted by molar-refractivity contribution is 0.0881. The van der Waals surface area contributed by atoms with Gasteiger partial charge in [0, 0.05) is 30.1 Å². The van der Waals surface area contributed by atoms with Crippen LogP contribution >= 0.6 is 15.9 Å². The van der Waals surface area contributed by atoms with Crippen molar-refractivity contribution in [1.29, 1.82) is 5.26 Å². The van der Waals surface area contributed by atoms with Gasteiger partial charge in [-0.2, -0.15) is 5.26 Å². The van der Waals surface area contributed by atoms with E-state index in [1.807, 2.05) is 24.3 Å². The van der Waals surface area contributed by atoms with Crippen molar-refractivity contribution in [2.24, 2.45) is 0 Å². The molecule has 1 aromatic carbocycles. The summed E-state index contributed by atoms with van der Waals surface area (Å²) in [4.78, 5) is 4.61. The number of nitrogens with zero attached hydrogens (tertiary/aromatic N) is 3. The minimum absolute atomic E-state index is 0.140. The lowest BCUT2D eigenvalue weighted by atomic mass is 10.0. The fraction of sp³-hybridized carbons (Fsp3) is 0.500. The number of nitriles is 1. The first kappa shape index (κ1) is 13.5. The molecule has 3 nitrogen and oxygen atoms in total. The van der Waals surface area contributed by atoms with E-state index >= 15 is 0 Å². The Balaban J connectivity index is 2.17. The summed E-state index contributed by atoms with van der Waals surface area (Å²) in [7, 11) is 2.14. The molecule has 0 aliphatic carbocycles. The Bertz CT molecular complexity index is 455. The zero-order valence-corrected chi connectivity index (χ0v) is 12.4. The second-order valence-electron chi connectivity index (χ2n) is 4.91. The van der Waals surface area contributed by atoms with Gasteiger partial charge in [0.25, 0.3) is 0 Å². The SMILES string of the molecule is CC1CN(C(C#N)c2cccc(Br)c2)CCN1C. The predicted octanol–water partition coefficient (Wildman–Crippen LogP) is 2.65. The van der Waals surface area contributed by atoms with Crippen molar-refractivity contribution >= 4 is 15.9 Å². The third-order valence-electron chi connectivity index (χ3n) is 3.64.